The zero-order valence-corrected chi connectivity index (χ0v) is 11.1. The van der Waals surface area contributed by atoms with Crippen LogP contribution in [-0.2, 0) is 0 Å². The van der Waals surface area contributed by atoms with E-state index >= 15 is 0 Å². The van der Waals surface area contributed by atoms with E-state index in [9.17, 15) is 10.0 Å². The zero-order chi connectivity index (χ0) is 14.5. The van der Waals surface area contributed by atoms with Crippen molar-refractivity contribution in [2.75, 3.05) is 19.5 Å². The lowest BCUT2D eigenvalue weighted by molar-refractivity contribution is -0.605. The average Bonchev–Trinajstić information content (AvgIpc) is 2.47. The molecule has 0 saturated heterocycles. The summed E-state index contributed by atoms with van der Waals surface area (Å²) in [4.78, 5) is 12.1. The second kappa shape index (κ2) is 5.92. The van der Waals surface area contributed by atoms with Gasteiger partial charge in [0.25, 0.3) is 5.91 Å². The van der Waals surface area contributed by atoms with Gasteiger partial charge >= 0.3 is 0 Å². The number of nitrogens with zero attached hydrogens (tertiary/aromatic N) is 1. The summed E-state index contributed by atoms with van der Waals surface area (Å²) < 4.78 is 10.9. The number of nitrogens with one attached hydrogen (secondary N) is 1. The summed E-state index contributed by atoms with van der Waals surface area (Å²) in [5, 5.41) is 13.7. The lowest BCUT2D eigenvalue weighted by Gasteiger charge is -2.11. The smallest absolute Gasteiger partial charge is 0.256 e. The van der Waals surface area contributed by atoms with Gasteiger partial charge < -0.3 is 20.0 Å². The summed E-state index contributed by atoms with van der Waals surface area (Å²) in [5.74, 6) is 0.790. The lowest BCUT2D eigenvalue weighted by atomic mass is 10.2. The fourth-order valence-corrected chi connectivity index (χ4v) is 1.67. The summed E-state index contributed by atoms with van der Waals surface area (Å²) in [6.45, 7) is 0. The second-order valence-electron chi connectivity index (χ2n) is 3.97. The Balaban J connectivity index is 2.24. The van der Waals surface area contributed by atoms with Crippen LogP contribution in [0.3, 0.4) is 0 Å². The number of carbonyl (C=O) groups excluding carboxylic acids is 1. The molecule has 6 heteroatoms. The lowest BCUT2D eigenvalue weighted by Crippen LogP contribution is -2.25. The Labute approximate surface area is 116 Å². The maximum Gasteiger partial charge on any atom is 0.256 e. The SMILES string of the molecule is COc1ccc(OC)c(NC(=O)c2cc[n+]([O-])cc2)c1. The topological polar surface area (TPSA) is 74.5 Å². The third-order valence-electron chi connectivity index (χ3n) is 2.72. The minimum atomic E-state index is -0.336. The van der Waals surface area contributed by atoms with Crippen LogP contribution in [0.2, 0.25) is 0 Å². The van der Waals surface area contributed by atoms with Gasteiger partial charge in [-0.15, -0.1) is 0 Å². The molecule has 104 valence electrons. The molecule has 1 aromatic heterocycles. The molecular formula is C14H14N2O4. The Morgan fingerprint density at radius 3 is 2.45 bits per heavy atom. The fraction of sp³-hybridized carbons (Fsp3) is 0.143. The molecule has 20 heavy (non-hydrogen) atoms. The van der Waals surface area contributed by atoms with E-state index in [2.05, 4.69) is 5.32 Å². The van der Waals surface area contributed by atoms with Crippen LogP contribution < -0.4 is 19.5 Å². The Bertz CT molecular complexity index is 611. The first-order valence-corrected chi connectivity index (χ1v) is 5.86. The Morgan fingerprint density at radius 2 is 1.85 bits per heavy atom. The number of carbonyl (C=O) groups is 1. The molecule has 0 aliphatic heterocycles. The molecule has 1 amide bonds. The number of hydrogen-bond donors (Lipinski definition) is 1. The van der Waals surface area contributed by atoms with Gasteiger partial charge in [-0.3, -0.25) is 4.79 Å². The quantitative estimate of drug-likeness (QED) is 0.678. The highest BCUT2D eigenvalue weighted by atomic mass is 16.5. The first kappa shape index (κ1) is 13.7. The van der Waals surface area contributed by atoms with E-state index in [0.717, 1.165) is 0 Å². The zero-order valence-electron chi connectivity index (χ0n) is 11.1. The number of ether oxygens (including phenoxy) is 2. The van der Waals surface area contributed by atoms with Crippen LogP contribution in [0.15, 0.2) is 42.7 Å². The van der Waals surface area contributed by atoms with Crippen molar-refractivity contribution in [3.8, 4) is 11.5 Å². The van der Waals surface area contributed by atoms with Gasteiger partial charge in [0.15, 0.2) is 12.4 Å². The van der Waals surface area contributed by atoms with Gasteiger partial charge in [0.2, 0.25) is 0 Å². The fourth-order valence-electron chi connectivity index (χ4n) is 1.67. The van der Waals surface area contributed by atoms with E-state index in [1.54, 1.807) is 18.2 Å². The molecule has 6 nitrogen and oxygen atoms in total. The first-order chi connectivity index (χ1) is 9.63. The van der Waals surface area contributed by atoms with Crippen LogP contribution in [0, 0.1) is 5.21 Å². The van der Waals surface area contributed by atoms with Crippen LogP contribution in [-0.4, -0.2) is 20.1 Å². The van der Waals surface area contributed by atoms with Crippen molar-refractivity contribution in [3.63, 3.8) is 0 Å². The molecule has 0 atom stereocenters. The highest BCUT2D eigenvalue weighted by Crippen LogP contribution is 2.29. The standard InChI is InChI=1S/C14H14N2O4/c1-19-11-3-4-13(20-2)12(9-11)15-14(17)10-5-7-16(18)8-6-10/h3-9H,1-2H3,(H,15,17). The van der Waals surface area contributed by atoms with Gasteiger partial charge in [-0.25, -0.2) is 0 Å². The van der Waals surface area contributed by atoms with E-state index < -0.39 is 0 Å². The van der Waals surface area contributed by atoms with Gasteiger partial charge in [0.05, 0.1) is 25.5 Å². The monoisotopic (exact) mass is 274 g/mol. The summed E-state index contributed by atoms with van der Waals surface area (Å²) in [7, 11) is 3.05. The minimum absolute atomic E-state index is 0.336. The Hall–Kier alpha value is -2.76. The third-order valence-corrected chi connectivity index (χ3v) is 2.72. The molecule has 0 aliphatic rings. The molecule has 0 bridgehead atoms. The number of pyridine rings is 1. The number of benzene rings is 1. The van der Waals surface area contributed by atoms with Crippen molar-refractivity contribution in [2.45, 2.75) is 0 Å². The molecule has 0 fully saturated rings. The van der Waals surface area contributed by atoms with E-state index in [0.29, 0.717) is 27.5 Å². The van der Waals surface area contributed by atoms with Crippen LogP contribution in [0.1, 0.15) is 10.4 Å². The highest BCUT2D eigenvalue weighted by Gasteiger charge is 2.11. The van der Waals surface area contributed by atoms with Gasteiger partial charge in [0.1, 0.15) is 11.5 Å². The van der Waals surface area contributed by atoms with E-state index in [1.807, 2.05) is 0 Å². The molecule has 0 aliphatic carbocycles. The minimum Gasteiger partial charge on any atom is -0.619 e. The van der Waals surface area contributed by atoms with Crippen LogP contribution in [0.25, 0.3) is 0 Å². The van der Waals surface area contributed by atoms with Crippen molar-refractivity contribution in [3.05, 3.63) is 53.5 Å². The van der Waals surface area contributed by atoms with Crippen molar-refractivity contribution >= 4 is 11.6 Å². The number of methoxy groups -OCH3 is 2. The van der Waals surface area contributed by atoms with E-state index in [4.69, 9.17) is 9.47 Å². The number of aromatic nitrogens is 1. The maximum atomic E-state index is 12.1. The molecular weight excluding hydrogens is 260 g/mol. The third kappa shape index (κ3) is 2.97. The van der Waals surface area contributed by atoms with Crippen LogP contribution in [0.5, 0.6) is 11.5 Å². The molecule has 0 radical (unpaired) electrons. The van der Waals surface area contributed by atoms with Gasteiger partial charge in [0, 0.05) is 18.2 Å². The Morgan fingerprint density at radius 1 is 1.15 bits per heavy atom. The molecule has 0 unspecified atom stereocenters. The van der Waals surface area contributed by atoms with Crippen LogP contribution >= 0.6 is 0 Å². The Kier molecular flexibility index (Phi) is 4.05. The molecule has 1 aromatic carbocycles. The predicted molar refractivity (Wildman–Crippen MR) is 72.9 cm³/mol. The number of hydrogen-bond acceptors (Lipinski definition) is 4. The van der Waals surface area contributed by atoms with Crippen molar-refractivity contribution in [1.82, 2.24) is 0 Å². The summed E-state index contributed by atoms with van der Waals surface area (Å²) >= 11 is 0. The molecule has 1 N–H and O–H groups in total. The van der Waals surface area contributed by atoms with Gasteiger partial charge in [-0.2, -0.15) is 4.73 Å². The summed E-state index contributed by atoms with van der Waals surface area (Å²) in [5.41, 5.74) is 0.873. The molecule has 2 aromatic rings. The molecule has 0 saturated carbocycles. The number of amides is 1. The largest absolute Gasteiger partial charge is 0.619 e. The van der Waals surface area contributed by atoms with Crippen molar-refractivity contribution in [2.24, 2.45) is 0 Å². The second-order valence-corrected chi connectivity index (χ2v) is 3.97. The maximum absolute atomic E-state index is 12.1. The van der Waals surface area contributed by atoms with Crippen molar-refractivity contribution < 1.29 is 19.0 Å². The first-order valence-electron chi connectivity index (χ1n) is 5.86. The van der Waals surface area contributed by atoms with Gasteiger partial charge in [-0.1, -0.05) is 0 Å². The van der Waals surface area contributed by atoms with Crippen molar-refractivity contribution in [1.29, 1.82) is 0 Å². The molecule has 1 heterocycles. The number of rotatable bonds is 4. The van der Waals surface area contributed by atoms with Crippen LogP contribution in [0.4, 0.5) is 5.69 Å². The highest BCUT2D eigenvalue weighted by molar-refractivity contribution is 6.05. The van der Waals surface area contributed by atoms with E-state index in [1.165, 1.54) is 38.7 Å². The average molecular weight is 274 g/mol. The molecule has 0 spiro atoms. The number of anilines is 1. The summed E-state index contributed by atoms with van der Waals surface area (Å²) in [6.07, 6.45) is 2.52. The van der Waals surface area contributed by atoms with E-state index in [-0.39, 0.29) is 5.91 Å². The molecule has 2 rings (SSSR count). The normalized spacial score (nSPS) is 9.90. The predicted octanol–water partition coefficient (Wildman–Crippen LogP) is 1.59. The van der Waals surface area contributed by atoms with Gasteiger partial charge in [-0.05, 0) is 12.1 Å². The summed E-state index contributed by atoms with van der Waals surface area (Å²) in [6, 6.07) is 7.97.